The minimum absolute atomic E-state index is 0.00839. The summed E-state index contributed by atoms with van der Waals surface area (Å²) in [4.78, 5) is 17.7. The van der Waals surface area contributed by atoms with E-state index in [1.54, 1.807) is 13.8 Å². The van der Waals surface area contributed by atoms with Gasteiger partial charge in [0.25, 0.3) is 5.92 Å². The first kappa shape index (κ1) is 17.5. The maximum Gasteiger partial charge on any atom is 0.267 e. The molecule has 136 valence electrons. The van der Waals surface area contributed by atoms with Crippen LogP contribution >= 0.6 is 0 Å². The number of aromatic nitrogens is 4. The van der Waals surface area contributed by atoms with E-state index in [0.29, 0.717) is 0 Å². The molecule has 2 aromatic rings. The Bertz CT molecular complexity index is 773. The molecule has 0 aliphatic carbocycles. The van der Waals surface area contributed by atoms with Gasteiger partial charge in [0.2, 0.25) is 11.8 Å². The van der Waals surface area contributed by atoms with Gasteiger partial charge in [-0.25, -0.2) is 8.78 Å². The lowest BCUT2D eigenvalue weighted by Gasteiger charge is -2.21. The number of carbonyl (C=O) groups is 1. The Morgan fingerprint density at radius 2 is 2.24 bits per heavy atom. The number of amides is 1. The highest BCUT2D eigenvalue weighted by Crippen LogP contribution is 2.40. The molecule has 0 N–H and O–H groups in total. The van der Waals surface area contributed by atoms with Crippen LogP contribution in [0.4, 0.5) is 8.78 Å². The zero-order valence-corrected chi connectivity index (χ0v) is 14.2. The molecule has 0 aromatic carbocycles. The third kappa shape index (κ3) is 3.68. The first-order chi connectivity index (χ1) is 11.8. The second-order valence-corrected chi connectivity index (χ2v) is 6.16. The van der Waals surface area contributed by atoms with Crippen LogP contribution in [0.1, 0.15) is 35.6 Å². The molecule has 8 nitrogen and oxygen atoms in total. The lowest BCUT2D eigenvalue weighted by Crippen LogP contribution is -2.36. The van der Waals surface area contributed by atoms with E-state index < -0.39 is 30.8 Å². The van der Waals surface area contributed by atoms with Crippen molar-refractivity contribution in [3.63, 3.8) is 0 Å². The van der Waals surface area contributed by atoms with Crippen molar-refractivity contribution in [1.82, 2.24) is 24.8 Å². The van der Waals surface area contributed by atoms with Gasteiger partial charge in [0.15, 0.2) is 5.82 Å². The SMILES string of the molecule is COCc1noc([C@@H]2CC(F)(F)CN2C(=O)Cn2nc(C)cc2C)n1. The number of likely N-dealkylation sites (tertiary alicyclic amines) is 1. The van der Waals surface area contributed by atoms with Crippen molar-refractivity contribution in [3.8, 4) is 0 Å². The van der Waals surface area contributed by atoms with Gasteiger partial charge in [-0.3, -0.25) is 9.48 Å². The molecule has 0 spiro atoms. The van der Waals surface area contributed by atoms with Crippen LogP contribution in [0.25, 0.3) is 0 Å². The highest BCUT2D eigenvalue weighted by molar-refractivity contribution is 5.77. The number of carbonyl (C=O) groups excluding carboxylic acids is 1. The number of hydrogen-bond donors (Lipinski definition) is 0. The second-order valence-electron chi connectivity index (χ2n) is 6.16. The van der Waals surface area contributed by atoms with Crippen molar-refractivity contribution in [2.24, 2.45) is 0 Å². The van der Waals surface area contributed by atoms with E-state index in [1.807, 2.05) is 6.07 Å². The van der Waals surface area contributed by atoms with Gasteiger partial charge in [-0.15, -0.1) is 0 Å². The normalized spacial score (nSPS) is 19.6. The molecule has 3 heterocycles. The molecule has 2 aromatic heterocycles. The van der Waals surface area contributed by atoms with Gasteiger partial charge in [-0.2, -0.15) is 10.1 Å². The van der Waals surface area contributed by atoms with Crippen molar-refractivity contribution < 1.29 is 22.8 Å². The second kappa shape index (κ2) is 6.51. The molecule has 25 heavy (non-hydrogen) atoms. The van der Waals surface area contributed by atoms with E-state index in [0.717, 1.165) is 16.3 Å². The van der Waals surface area contributed by atoms with Crippen molar-refractivity contribution in [2.45, 2.75) is 45.4 Å². The highest BCUT2D eigenvalue weighted by atomic mass is 19.3. The molecule has 1 aliphatic heterocycles. The summed E-state index contributed by atoms with van der Waals surface area (Å²) in [5.41, 5.74) is 1.54. The van der Waals surface area contributed by atoms with E-state index in [9.17, 15) is 13.6 Å². The van der Waals surface area contributed by atoms with Crippen molar-refractivity contribution in [2.75, 3.05) is 13.7 Å². The molecule has 1 aliphatic rings. The Balaban J connectivity index is 1.81. The zero-order chi connectivity index (χ0) is 18.2. The molecule has 0 bridgehead atoms. The van der Waals surface area contributed by atoms with Gasteiger partial charge in [0.05, 0.1) is 12.2 Å². The van der Waals surface area contributed by atoms with Gasteiger partial charge >= 0.3 is 0 Å². The average Bonchev–Trinajstić information content (AvgIpc) is 3.18. The summed E-state index contributed by atoms with van der Waals surface area (Å²) >= 11 is 0. The van der Waals surface area contributed by atoms with Crippen LogP contribution in [0.3, 0.4) is 0 Å². The number of methoxy groups -OCH3 is 1. The molecule has 0 radical (unpaired) electrons. The van der Waals surface area contributed by atoms with Crippen LogP contribution in [0.2, 0.25) is 0 Å². The minimum atomic E-state index is -3.01. The monoisotopic (exact) mass is 355 g/mol. The number of ether oxygens (including phenoxy) is 1. The van der Waals surface area contributed by atoms with Crippen LogP contribution in [-0.2, 0) is 22.7 Å². The lowest BCUT2D eigenvalue weighted by molar-refractivity contribution is -0.134. The fraction of sp³-hybridized carbons (Fsp3) is 0.600. The highest BCUT2D eigenvalue weighted by Gasteiger charge is 2.49. The fourth-order valence-electron chi connectivity index (χ4n) is 2.94. The maximum atomic E-state index is 13.9. The minimum Gasteiger partial charge on any atom is -0.377 e. The van der Waals surface area contributed by atoms with Crippen LogP contribution in [0, 0.1) is 13.8 Å². The summed E-state index contributed by atoms with van der Waals surface area (Å²) < 4.78 is 39.3. The number of alkyl halides is 2. The predicted octanol–water partition coefficient (Wildman–Crippen LogP) is 1.64. The summed E-state index contributed by atoms with van der Waals surface area (Å²) in [5.74, 6) is -3.24. The largest absolute Gasteiger partial charge is 0.377 e. The van der Waals surface area contributed by atoms with E-state index in [4.69, 9.17) is 9.26 Å². The Labute approximate surface area is 142 Å². The van der Waals surface area contributed by atoms with E-state index in [-0.39, 0.29) is 24.9 Å². The molecule has 1 fully saturated rings. The van der Waals surface area contributed by atoms with Gasteiger partial charge in [-0.05, 0) is 19.9 Å². The zero-order valence-electron chi connectivity index (χ0n) is 14.2. The number of halogens is 2. The predicted molar refractivity (Wildman–Crippen MR) is 80.7 cm³/mol. The number of nitrogens with zero attached hydrogens (tertiary/aromatic N) is 5. The Hall–Kier alpha value is -2.36. The first-order valence-electron chi connectivity index (χ1n) is 7.79. The molecule has 0 unspecified atom stereocenters. The topological polar surface area (TPSA) is 86.3 Å². The van der Waals surface area contributed by atoms with Crippen molar-refractivity contribution in [1.29, 1.82) is 0 Å². The van der Waals surface area contributed by atoms with Crippen LogP contribution in [-0.4, -0.2) is 50.3 Å². The molecule has 0 saturated carbocycles. The smallest absolute Gasteiger partial charge is 0.267 e. The Kier molecular flexibility index (Phi) is 4.55. The molecule has 1 atom stereocenters. The third-order valence-electron chi connectivity index (χ3n) is 4.02. The van der Waals surface area contributed by atoms with Gasteiger partial charge < -0.3 is 14.2 Å². The average molecular weight is 355 g/mol. The van der Waals surface area contributed by atoms with Gasteiger partial charge in [0, 0.05) is 19.2 Å². The van der Waals surface area contributed by atoms with Gasteiger partial charge in [0.1, 0.15) is 19.2 Å². The van der Waals surface area contributed by atoms with Crippen LogP contribution in [0.5, 0.6) is 0 Å². The summed E-state index contributed by atoms with van der Waals surface area (Å²) in [5, 5.41) is 7.88. The van der Waals surface area contributed by atoms with E-state index in [2.05, 4.69) is 15.2 Å². The van der Waals surface area contributed by atoms with Crippen LogP contribution in [0.15, 0.2) is 10.6 Å². The Morgan fingerprint density at radius 3 is 2.88 bits per heavy atom. The lowest BCUT2D eigenvalue weighted by atomic mass is 10.2. The molecular weight excluding hydrogens is 336 g/mol. The van der Waals surface area contributed by atoms with E-state index >= 15 is 0 Å². The summed E-state index contributed by atoms with van der Waals surface area (Å²) in [6.07, 6.45) is -0.551. The summed E-state index contributed by atoms with van der Waals surface area (Å²) in [6.45, 7) is 2.91. The van der Waals surface area contributed by atoms with Crippen LogP contribution < -0.4 is 0 Å². The van der Waals surface area contributed by atoms with Gasteiger partial charge in [-0.1, -0.05) is 5.16 Å². The number of hydrogen-bond acceptors (Lipinski definition) is 6. The maximum absolute atomic E-state index is 13.9. The summed E-state index contributed by atoms with van der Waals surface area (Å²) in [7, 11) is 1.46. The fourth-order valence-corrected chi connectivity index (χ4v) is 2.94. The molecule has 3 rings (SSSR count). The Morgan fingerprint density at radius 1 is 1.48 bits per heavy atom. The standard InChI is InChI=1S/C15H19F2N5O3/c1-9-4-10(2)22(19-9)6-13(23)21-8-15(16,17)5-11(21)14-18-12(7-24-3)20-25-14/h4,11H,5-8H2,1-3H3/t11-/m0/s1. The number of rotatable bonds is 5. The molecule has 1 amide bonds. The molecular formula is C15H19F2N5O3. The molecule has 10 heteroatoms. The molecule has 1 saturated heterocycles. The van der Waals surface area contributed by atoms with E-state index in [1.165, 1.54) is 11.8 Å². The number of aryl methyl sites for hydroxylation is 2. The summed E-state index contributed by atoms with van der Waals surface area (Å²) in [6, 6.07) is 0.857. The quantitative estimate of drug-likeness (QED) is 0.810. The third-order valence-corrected chi connectivity index (χ3v) is 4.02. The van der Waals surface area contributed by atoms with Crippen molar-refractivity contribution >= 4 is 5.91 Å². The first-order valence-corrected chi connectivity index (χ1v) is 7.79. The van der Waals surface area contributed by atoms with Crippen molar-refractivity contribution in [3.05, 3.63) is 29.2 Å².